The van der Waals surface area contributed by atoms with E-state index in [2.05, 4.69) is 21.8 Å². The van der Waals surface area contributed by atoms with Crippen LogP contribution in [0.4, 0.5) is 0 Å². The van der Waals surface area contributed by atoms with Crippen molar-refractivity contribution in [3.63, 3.8) is 0 Å². The molecule has 2 aliphatic rings. The Morgan fingerprint density at radius 1 is 1.18 bits per heavy atom. The molecule has 1 atom stereocenters. The maximum absolute atomic E-state index is 12.5. The van der Waals surface area contributed by atoms with Crippen molar-refractivity contribution in [1.82, 2.24) is 9.62 Å². The predicted molar refractivity (Wildman–Crippen MR) is 89.6 cm³/mol. The summed E-state index contributed by atoms with van der Waals surface area (Å²) in [5.41, 5.74) is 1.17. The second-order valence-corrected chi connectivity index (χ2v) is 8.77. The van der Waals surface area contributed by atoms with E-state index in [4.69, 9.17) is 11.6 Å². The second-order valence-electron chi connectivity index (χ2n) is 6.34. The number of nitrogens with one attached hydrogen (secondary N) is 1. The molecular weight excluding hydrogens is 320 g/mol. The summed E-state index contributed by atoms with van der Waals surface area (Å²) in [5, 5.41) is 0. The van der Waals surface area contributed by atoms with E-state index in [0.717, 1.165) is 13.1 Å². The monoisotopic (exact) mass is 342 g/mol. The molecule has 0 amide bonds. The Bertz CT molecular complexity index is 596. The molecular formula is C16H23ClN2O2S. The quantitative estimate of drug-likeness (QED) is 0.775. The summed E-state index contributed by atoms with van der Waals surface area (Å²) < 4.78 is 27.1. The minimum absolute atomic E-state index is 0.101. The van der Waals surface area contributed by atoms with Gasteiger partial charge in [-0.15, -0.1) is 11.6 Å². The first-order chi connectivity index (χ1) is 10.6. The summed E-state index contributed by atoms with van der Waals surface area (Å²) in [6.45, 7) is 2.48. The lowest BCUT2D eigenvalue weighted by atomic mass is 10.1. The van der Waals surface area contributed by atoms with E-state index >= 15 is 0 Å². The van der Waals surface area contributed by atoms with Crippen molar-refractivity contribution in [2.24, 2.45) is 0 Å². The average Bonchev–Trinajstić information content (AvgIpc) is 3.18. The molecule has 0 spiro atoms. The second kappa shape index (κ2) is 6.48. The highest BCUT2D eigenvalue weighted by atomic mass is 35.5. The SMILES string of the molecule is O=S(=O)(NCC(c1ccccc1)N1CCCC1)C1(CCl)CC1. The molecule has 1 saturated heterocycles. The van der Waals surface area contributed by atoms with Gasteiger partial charge < -0.3 is 0 Å². The van der Waals surface area contributed by atoms with E-state index in [1.54, 1.807) is 0 Å². The molecule has 2 fully saturated rings. The van der Waals surface area contributed by atoms with E-state index in [1.165, 1.54) is 18.4 Å². The van der Waals surface area contributed by atoms with Crippen LogP contribution in [0.5, 0.6) is 0 Å². The number of hydrogen-bond donors (Lipinski definition) is 1. The Balaban J connectivity index is 1.73. The third-order valence-electron chi connectivity index (χ3n) is 4.85. The van der Waals surface area contributed by atoms with Crippen molar-refractivity contribution < 1.29 is 8.42 Å². The maximum atomic E-state index is 12.5. The van der Waals surface area contributed by atoms with Gasteiger partial charge in [0.2, 0.25) is 10.0 Å². The molecule has 1 aliphatic carbocycles. The molecule has 6 heteroatoms. The normalized spacial score (nSPS) is 22.6. The van der Waals surface area contributed by atoms with Crippen LogP contribution in [0.15, 0.2) is 30.3 Å². The number of benzene rings is 1. The van der Waals surface area contributed by atoms with Gasteiger partial charge in [0.25, 0.3) is 0 Å². The molecule has 4 nitrogen and oxygen atoms in total. The lowest BCUT2D eigenvalue weighted by Crippen LogP contribution is -2.42. The highest BCUT2D eigenvalue weighted by molar-refractivity contribution is 7.91. The molecule has 1 N–H and O–H groups in total. The lowest BCUT2D eigenvalue weighted by molar-refractivity contribution is 0.246. The van der Waals surface area contributed by atoms with E-state index < -0.39 is 14.8 Å². The Morgan fingerprint density at radius 3 is 2.36 bits per heavy atom. The first-order valence-electron chi connectivity index (χ1n) is 7.92. The van der Waals surface area contributed by atoms with Crippen LogP contribution in [0, 0.1) is 0 Å². The van der Waals surface area contributed by atoms with Crippen molar-refractivity contribution in [2.45, 2.75) is 36.5 Å². The lowest BCUT2D eigenvalue weighted by Gasteiger charge is -2.29. The van der Waals surface area contributed by atoms with Crippen molar-refractivity contribution >= 4 is 21.6 Å². The highest BCUT2D eigenvalue weighted by Gasteiger charge is 2.53. The molecule has 1 unspecified atom stereocenters. The van der Waals surface area contributed by atoms with Crippen LogP contribution in [0.1, 0.15) is 37.3 Å². The summed E-state index contributed by atoms with van der Waals surface area (Å²) >= 11 is 5.87. The van der Waals surface area contributed by atoms with Crippen molar-refractivity contribution in [1.29, 1.82) is 0 Å². The van der Waals surface area contributed by atoms with Gasteiger partial charge in [0.05, 0.1) is 4.75 Å². The first kappa shape index (κ1) is 16.2. The minimum Gasteiger partial charge on any atom is -0.295 e. The Morgan fingerprint density at radius 2 is 1.82 bits per heavy atom. The van der Waals surface area contributed by atoms with Gasteiger partial charge in [0, 0.05) is 18.5 Å². The van der Waals surface area contributed by atoms with E-state index in [-0.39, 0.29) is 11.9 Å². The number of likely N-dealkylation sites (tertiary alicyclic amines) is 1. The number of hydrogen-bond acceptors (Lipinski definition) is 3. The van der Waals surface area contributed by atoms with Crippen LogP contribution in [0.2, 0.25) is 0 Å². The largest absolute Gasteiger partial charge is 0.295 e. The fraction of sp³-hybridized carbons (Fsp3) is 0.625. The number of sulfonamides is 1. The zero-order chi connectivity index (χ0) is 15.6. The molecule has 0 bridgehead atoms. The van der Waals surface area contributed by atoms with Gasteiger partial charge in [0.1, 0.15) is 0 Å². The highest BCUT2D eigenvalue weighted by Crippen LogP contribution is 2.44. The predicted octanol–water partition coefficient (Wildman–Crippen LogP) is 2.51. The minimum atomic E-state index is -3.34. The zero-order valence-electron chi connectivity index (χ0n) is 12.7. The summed E-state index contributed by atoms with van der Waals surface area (Å²) in [7, 11) is -3.34. The van der Waals surface area contributed by atoms with Crippen LogP contribution >= 0.6 is 11.6 Å². The molecule has 1 aromatic carbocycles. The van der Waals surface area contributed by atoms with Crippen LogP contribution in [-0.2, 0) is 10.0 Å². The molecule has 1 saturated carbocycles. The standard InChI is InChI=1S/C16H23ClN2O2S/c17-13-16(8-9-16)22(20,21)18-12-15(19-10-4-5-11-19)14-6-2-1-3-7-14/h1-3,6-7,15,18H,4-5,8-13H2. The molecule has 3 rings (SSSR count). The van der Waals surface area contributed by atoms with E-state index in [0.29, 0.717) is 19.4 Å². The van der Waals surface area contributed by atoms with Gasteiger partial charge >= 0.3 is 0 Å². The van der Waals surface area contributed by atoms with E-state index in [1.807, 2.05) is 18.2 Å². The van der Waals surface area contributed by atoms with Crippen LogP contribution in [-0.4, -0.2) is 43.6 Å². The number of rotatable bonds is 7. The number of nitrogens with zero attached hydrogens (tertiary/aromatic N) is 1. The van der Waals surface area contributed by atoms with Gasteiger partial charge in [-0.25, -0.2) is 13.1 Å². The summed E-state index contributed by atoms with van der Waals surface area (Å²) in [5.74, 6) is 0.183. The summed E-state index contributed by atoms with van der Waals surface area (Å²) in [6.07, 6.45) is 3.71. The molecule has 122 valence electrons. The molecule has 22 heavy (non-hydrogen) atoms. The van der Waals surface area contributed by atoms with Gasteiger partial charge in [-0.1, -0.05) is 30.3 Å². The molecule has 1 aromatic rings. The smallest absolute Gasteiger partial charge is 0.218 e. The Hall–Kier alpha value is -0.620. The summed E-state index contributed by atoms with van der Waals surface area (Å²) in [4.78, 5) is 2.37. The van der Waals surface area contributed by atoms with Crippen LogP contribution < -0.4 is 4.72 Å². The van der Waals surface area contributed by atoms with E-state index in [9.17, 15) is 8.42 Å². The third-order valence-corrected chi connectivity index (χ3v) is 7.76. The van der Waals surface area contributed by atoms with Gasteiger partial charge in [-0.3, -0.25) is 4.90 Å². The van der Waals surface area contributed by atoms with Gasteiger partial charge in [0.15, 0.2) is 0 Å². The van der Waals surface area contributed by atoms with Crippen molar-refractivity contribution in [2.75, 3.05) is 25.5 Å². The van der Waals surface area contributed by atoms with Crippen LogP contribution in [0.3, 0.4) is 0 Å². The molecule has 1 heterocycles. The van der Waals surface area contributed by atoms with Crippen molar-refractivity contribution in [3.8, 4) is 0 Å². The third kappa shape index (κ3) is 3.18. The van der Waals surface area contributed by atoms with Gasteiger partial charge in [-0.2, -0.15) is 0 Å². The van der Waals surface area contributed by atoms with Crippen molar-refractivity contribution in [3.05, 3.63) is 35.9 Å². The maximum Gasteiger partial charge on any atom is 0.218 e. The molecule has 0 radical (unpaired) electrons. The zero-order valence-corrected chi connectivity index (χ0v) is 14.2. The molecule has 0 aromatic heterocycles. The molecule has 1 aliphatic heterocycles. The number of halogens is 1. The topological polar surface area (TPSA) is 49.4 Å². The number of alkyl halides is 1. The van der Waals surface area contributed by atoms with Crippen LogP contribution in [0.25, 0.3) is 0 Å². The van der Waals surface area contributed by atoms with Gasteiger partial charge in [-0.05, 0) is 44.3 Å². The fourth-order valence-electron chi connectivity index (χ4n) is 3.14. The summed E-state index contributed by atoms with van der Waals surface area (Å²) in [6, 6.07) is 10.3. The fourth-order valence-corrected chi connectivity index (χ4v) is 5.31. The Kier molecular flexibility index (Phi) is 4.78. The first-order valence-corrected chi connectivity index (χ1v) is 9.94. The average molecular weight is 343 g/mol. The Labute approximate surface area is 137 Å².